The summed E-state index contributed by atoms with van der Waals surface area (Å²) in [6.45, 7) is 0. The molecule has 1 amide bonds. The molecule has 1 aromatic rings. The second-order valence-electron chi connectivity index (χ2n) is 2.65. The van der Waals surface area contributed by atoms with Crippen LogP contribution in [0.2, 0.25) is 0 Å². The number of hydrogen-bond acceptors (Lipinski definition) is 4. The average Bonchev–Trinajstić information content (AvgIpc) is 2.16. The van der Waals surface area contributed by atoms with Crippen molar-refractivity contribution in [3.8, 4) is 0 Å². The van der Waals surface area contributed by atoms with Crippen LogP contribution in [0.3, 0.4) is 0 Å². The molecule has 8 heteroatoms. The van der Waals surface area contributed by atoms with Crippen LogP contribution in [0.25, 0.3) is 0 Å². The lowest BCUT2D eigenvalue weighted by Crippen LogP contribution is -2.31. The van der Waals surface area contributed by atoms with Crippen LogP contribution in [-0.2, 0) is 14.8 Å². The highest BCUT2D eigenvalue weighted by Crippen LogP contribution is 2.17. The first-order valence-corrected chi connectivity index (χ1v) is 5.41. The van der Waals surface area contributed by atoms with Crippen molar-refractivity contribution >= 4 is 16.1 Å². The fourth-order valence-corrected chi connectivity index (χ4v) is 2.00. The first kappa shape index (κ1) is 12.4. The Morgan fingerprint density at radius 3 is 2.25 bits per heavy atom. The van der Waals surface area contributed by atoms with Crippen molar-refractivity contribution in [3.05, 3.63) is 29.8 Å². The van der Waals surface area contributed by atoms with Gasteiger partial charge in [0.2, 0.25) is 0 Å². The Balaban J connectivity index is 3.23. The second-order valence-corrected chi connectivity index (χ2v) is 4.27. The number of benzene rings is 1. The van der Waals surface area contributed by atoms with Crippen molar-refractivity contribution in [2.24, 2.45) is 0 Å². The number of rotatable bonds is 2. The van der Waals surface area contributed by atoms with E-state index in [1.165, 1.54) is 4.72 Å². The first-order valence-electron chi connectivity index (χ1n) is 3.93. The second kappa shape index (κ2) is 4.44. The molecular weight excluding hydrogens is 244 g/mol. The number of nitrogens with one attached hydrogen (secondary N) is 1. The highest BCUT2D eigenvalue weighted by molar-refractivity contribution is 7.90. The molecule has 0 aromatic heterocycles. The van der Waals surface area contributed by atoms with Crippen molar-refractivity contribution in [2.75, 3.05) is 7.11 Å². The smallest absolute Gasteiger partial charge is 0.420 e. The fraction of sp³-hybridized carbons (Fsp3) is 0.125. The number of carbonyl (C=O) groups excluding carboxylic acids is 1. The molecule has 0 unspecified atom stereocenters. The normalized spacial score (nSPS) is 10.9. The minimum absolute atomic E-state index is 0.759. The maximum atomic E-state index is 13.1. The molecule has 0 aliphatic rings. The van der Waals surface area contributed by atoms with E-state index in [1.807, 2.05) is 0 Å². The van der Waals surface area contributed by atoms with E-state index in [9.17, 15) is 22.0 Å². The zero-order valence-corrected chi connectivity index (χ0v) is 8.85. The van der Waals surface area contributed by atoms with Gasteiger partial charge in [0, 0.05) is 0 Å². The summed E-state index contributed by atoms with van der Waals surface area (Å²) in [6, 6.07) is 2.52. The van der Waals surface area contributed by atoms with Gasteiger partial charge in [-0.05, 0) is 12.1 Å². The van der Waals surface area contributed by atoms with Crippen LogP contribution in [0.5, 0.6) is 0 Å². The third kappa shape index (κ3) is 2.45. The summed E-state index contributed by atoms with van der Waals surface area (Å²) >= 11 is 0. The third-order valence-corrected chi connectivity index (χ3v) is 2.95. The van der Waals surface area contributed by atoms with Gasteiger partial charge in [-0.25, -0.2) is 26.7 Å². The van der Waals surface area contributed by atoms with E-state index in [2.05, 4.69) is 4.74 Å². The SMILES string of the molecule is COC(=O)NS(=O)(=O)c1c(F)cccc1F. The predicted molar refractivity (Wildman–Crippen MR) is 49.1 cm³/mol. The Hall–Kier alpha value is -1.70. The lowest BCUT2D eigenvalue weighted by Gasteiger charge is -2.07. The number of sulfonamides is 1. The molecule has 0 spiro atoms. The molecule has 5 nitrogen and oxygen atoms in total. The van der Waals surface area contributed by atoms with E-state index in [0.29, 0.717) is 0 Å². The maximum Gasteiger partial charge on any atom is 0.420 e. The Labute approximate surface area is 90.1 Å². The number of amides is 1. The molecule has 0 atom stereocenters. The number of methoxy groups -OCH3 is 1. The van der Waals surface area contributed by atoms with E-state index in [4.69, 9.17) is 0 Å². The molecule has 0 bridgehead atoms. The van der Waals surface area contributed by atoms with Crippen molar-refractivity contribution < 1.29 is 26.7 Å². The highest BCUT2D eigenvalue weighted by Gasteiger charge is 2.25. The third-order valence-electron chi connectivity index (χ3n) is 1.59. The zero-order chi connectivity index (χ0) is 12.3. The lowest BCUT2D eigenvalue weighted by atomic mass is 10.3. The molecule has 1 N–H and O–H groups in total. The molecule has 0 aliphatic carbocycles. The van der Waals surface area contributed by atoms with Gasteiger partial charge >= 0.3 is 6.09 Å². The maximum absolute atomic E-state index is 13.1. The number of ether oxygens (including phenoxy) is 1. The molecule has 0 radical (unpaired) electrons. The molecule has 88 valence electrons. The van der Waals surface area contributed by atoms with Gasteiger partial charge in [0.25, 0.3) is 10.0 Å². The van der Waals surface area contributed by atoms with E-state index >= 15 is 0 Å². The molecule has 0 aliphatic heterocycles. The highest BCUT2D eigenvalue weighted by atomic mass is 32.2. The van der Waals surface area contributed by atoms with Crippen LogP contribution in [0.1, 0.15) is 0 Å². The van der Waals surface area contributed by atoms with Crippen LogP contribution >= 0.6 is 0 Å². The summed E-state index contributed by atoms with van der Waals surface area (Å²) in [6.07, 6.45) is -1.33. The summed E-state index contributed by atoms with van der Waals surface area (Å²) in [7, 11) is -3.69. The van der Waals surface area contributed by atoms with Crippen molar-refractivity contribution in [1.29, 1.82) is 0 Å². The molecule has 0 fully saturated rings. The van der Waals surface area contributed by atoms with E-state index in [0.717, 1.165) is 25.3 Å². The molecule has 0 heterocycles. The largest absolute Gasteiger partial charge is 0.452 e. The van der Waals surface area contributed by atoms with Gasteiger partial charge in [-0.3, -0.25) is 0 Å². The number of halogens is 2. The molecule has 0 saturated heterocycles. The Morgan fingerprint density at radius 1 is 1.31 bits per heavy atom. The van der Waals surface area contributed by atoms with E-state index in [-0.39, 0.29) is 0 Å². The lowest BCUT2D eigenvalue weighted by molar-refractivity contribution is 0.177. The standard InChI is InChI=1S/C8H7F2NO4S/c1-15-8(12)11-16(13,14)7-5(9)3-2-4-6(7)10/h2-4H,1H3,(H,11,12). The minimum Gasteiger partial charge on any atom is -0.452 e. The number of hydrogen-bond donors (Lipinski definition) is 1. The van der Waals surface area contributed by atoms with Crippen LogP contribution < -0.4 is 4.72 Å². The summed E-state index contributed by atoms with van der Waals surface area (Å²) in [5.41, 5.74) is 0. The van der Waals surface area contributed by atoms with Gasteiger partial charge in [0.1, 0.15) is 11.6 Å². The monoisotopic (exact) mass is 251 g/mol. The molecule has 1 rings (SSSR count). The average molecular weight is 251 g/mol. The first-order chi connectivity index (χ1) is 7.38. The predicted octanol–water partition coefficient (Wildman–Crippen LogP) is 1.01. The molecule has 1 aromatic carbocycles. The van der Waals surface area contributed by atoms with Crippen LogP contribution in [0.15, 0.2) is 23.1 Å². The fourth-order valence-electron chi connectivity index (χ4n) is 0.942. The molecular formula is C8H7F2NO4S. The van der Waals surface area contributed by atoms with E-state index in [1.54, 1.807) is 0 Å². The van der Waals surface area contributed by atoms with Gasteiger partial charge in [-0.1, -0.05) is 6.07 Å². The minimum atomic E-state index is -4.61. The Bertz CT molecular complexity index is 495. The van der Waals surface area contributed by atoms with Crippen molar-refractivity contribution in [3.63, 3.8) is 0 Å². The van der Waals surface area contributed by atoms with Gasteiger partial charge in [0.15, 0.2) is 4.90 Å². The van der Waals surface area contributed by atoms with Gasteiger partial charge in [-0.15, -0.1) is 0 Å². The molecule has 16 heavy (non-hydrogen) atoms. The summed E-state index contributed by atoms with van der Waals surface area (Å²) in [4.78, 5) is 9.44. The Kier molecular flexibility index (Phi) is 3.43. The number of carbonyl (C=O) groups is 1. The molecule has 0 saturated carbocycles. The van der Waals surface area contributed by atoms with Crippen LogP contribution in [-0.4, -0.2) is 21.6 Å². The van der Waals surface area contributed by atoms with Gasteiger partial charge < -0.3 is 4.74 Å². The van der Waals surface area contributed by atoms with Crippen LogP contribution in [0, 0.1) is 11.6 Å². The Morgan fingerprint density at radius 2 is 1.81 bits per heavy atom. The van der Waals surface area contributed by atoms with E-state index < -0.39 is 32.6 Å². The summed E-state index contributed by atoms with van der Waals surface area (Å²) < 4.78 is 54.2. The van der Waals surface area contributed by atoms with Crippen molar-refractivity contribution in [1.82, 2.24) is 4.72 Å². The van der Waals surface area contributed by atoms with Crippen molar-refractivity contribution in [2.45, 2.75) is 4.90 Å². The van der Waals surface area contributed by atoms with Gasteiger partial charge in [0.05, 0.1) is 7.11 Å². The summed E-state index contributed by atoms with van der Waals surface area (Å²) in [5, 5.41) is 0. The zero-order valence-electron chi connectivity index (χ0n) is 8.03. The quantitative estimate of drug-likeness (QED) is 0.851. The van der Waals surface area contributed by atoms with Gasteiger partial charge in [-0.2, -0.15) is 0 Å². The van der Waals surface area contributed by atoms with Crippen LogP contribution in [0.4, 0.5) is 13.6 Å². The summed E-state index contributed by atoms with van der Waals surface area (Å²) in [5.74, 6) is -2.59. The topological polar surface area (TPSA) is 72.5 Å².